The highest BCUT2D eigenvalue weighted by molar-refractivity contribution is 4.94. The molecule has 2 heteroatoms. The van der Waals surface area contributed by atoms with Gasteiger partial charge in [-0.2, -0.15) is 5.26 Å². The maximum Gasteiger partial charge on any atom is 0.0672 e. The van der Waals surface area contributed by atoms with E-state index in [1.54, 1.807) is 0 Å². The molecule has 0 spiro atoms. The van der Waals surface area contributed by atoms with Crippen LogP contribution in [-0.2, 0) is 0 Å². The van der Waals surface area contributed by atoms with E-state index < -0.39 is 0 Å². The molecule has 0 aliphatic heterocycles. The van der Waals surface area contributed by atoms with Crippen molar-refractivity contribution in [2.24, 2.45) is 11.8 Å². The SMILES string of the molecule is N#CC1CCCCC1NCC1CCCCC1. The summed E-state index contributed by atoms with van der Waals surface area (Å²) in [6.07, 6.45) is 11.9. The number of rotatable bonds is 3. The molecule has 2 atom stereocenters. The Morgan fingerprint density at radius 3 is 2.38 bits per heavy atom. The van der Waals surface area contributed by atoms with E-state index in [2.05, 4.69) is 11.4 Å². The summed E-state index contributed by atoms with van der Waals surface area (Å²) in [5, 5.41) is 12.8. The molecule has 2 nitrogen and oxygen atoms in total. The Morgan fingerprint density at radius 2 is 1.62 bits per heavy atom. The fourth-order valence-electron chi connectivity index (χ4n) is 3.24. The Kier molecular flexibility index (Phi) is 4.66. The maximum absolute atomic E-state index is 9.11. The molecule has 90 valence electrons. The third kappa shape index (κ3) is 3.22. The van der Waals surface area contributed by atoms with E-state index in [0.717, 1.165) is 18.9 Å². The Labute approximate surface area is 99.4 Å². The van der Waals surface area contributed by atoms with Gasteiger partial charge in [0.25, 0.3) is 0 Å². The normalized spacial score (nSPS) is 32.2. The molecule has 0 aromatic rings. The molecule has 0 bridgehead atoms. The first-order valence-corrected chi connectivity index (χ1v) is 7.03. The van der Waals surface area contributed by atoms with Gasteiger partial charge in [0.15, 0.2) is 0 Å². The molecule has 1 N–H and O–H groups in total. The molecule has 2 aliphatic carbocycles. The highest BCUT2D eigenvalue weighted by atomic mass is 14.9. The molecule has 0 amide bonds. The first-order chi connectivity index (χ1) is 7.90. The lowest BCUT2D eigenvalue weighted by Crippen LogP contribution is -2.40. The highest BCUT2D eigenvalue weighted by Crippen LogP contribution is 2.26. The molecule has 2 rings (SSSR count). The maximum atomic E-state index is 9.11. The van der Waals surface area contributed by atoms with Crippen molar-refractivity contribution in [3.63, 3.8) is 0 Å². The molecule has 0 saturated heterocycles. The Hall–Kier alpha value is -0.550. The predicted molar refractivity (Wildman–Crippen MR) is 65.9 cm³/mol. The lowest BCUT2D eigenvalue weighted by molar-refractivity contribution is 0.271. The van der Waals surface area contributed by atoms with Crippen LogP contribution >= 0.6 is 0 Å². The van der Waals surface area contributed by atoms with Crippen LogP contribution in [0.2, 0.25) is 0 Å². The minimum Gasteiger partial charge on any atom is -0.312 e. The largest absolute Gasteiger partial charge is 0.312 e. The quantitative estimate of drug-likeness (QED) is 0.792. The van der Waals surface area contributed by atoms with Crippen LogP contribution in [0.25, 0.3) is 0 Å². The minimum absolute atomic E-state index is 0.275. The van der Waals surface area contributed by atoms with Gasteiger partial charge in [0, 0.05) is 6.04 Å². The van der Waals surface area contributed by atoms with Crippen LogP contribution in [0.5, 0.6) is 0 Å². The monoisotopic (exact) mass is 220 g/mol. The molecule has 0 aromatic heterocycles. The lowest BCUT2D eigenvalue weighted by Gasteiger charge is -2.30. The number of nitrogens with one attached hydrogen (secondary N) is 1. The van der Waals surface area contributed by atoms with E-state index >= 15 is 0 Å². The van der Waals surface area contributed by atoms with Gasteiger partial charge in [0.2, 0.25) is 0 Å². The highest BCUT2D eigenvalue weighted by Gasteiger charge is 2.25. The molecule has 2 saturated carbocycles. The zero-order chi connectivity index (χ0) is 11.2. The third-order valence-corrected chi connectivity index (χ3v) is 4.33. The van der Waals surface area contributed by atoms with E-state index in [1.165, 1.54) is 51.4 Å². The summed E-state index contributed by atoms with van der Waals surface area (Å²) in [6, 6.07) is 2.97. The van der Waals surface area contributed by atoms with Crippen molar-refractivity contribution in [2.75, 3.05) is 6.54 Å². The van der Waals surface area contributed by atoms with Gasteiger partial charge in [-0.05, 0) is 38.1 Å². The summed E-state index contributed by atoms with van der Waals surface area (Å²) in [7, 11) is 0. The van der Waals surface area contributed by atoms with Crippen molar-refractivity contribution in [2.45, 2.75) is 63.8 Å². The molecule has 0 heterocycles. The number of nitriles is 1. The van der Waals surface area contributed by atoms with Gasteiger partial charge < -0.3 is 5.32 Å². The zero-order valence-corrected chi connectivity index (χ0v) is 10.3. The van der Waals surface area contributed by atoms with Crippen LogP contribution in [0, 0.1) is 23.2 Å². The molecule has 2 aliphatic rings. The second-order valence-electron chi connectivity index (χ2n) is 5.54. The van der Waals surface area contributed by atoms with Gasteiger partial charge in [0.1, 0.15) is 0 Å². The minimum atomic E-state index is 0.275. The average Bonchev–Trinajstić information content (AvgIpc) is 2.38. The van der Waals surface area contributed by atoms with Crippen LogP contribution in [0.1, 0.15) is 57.8 Å². The van der Waals surface area contributed by atoms with E-state index in [4.69, 9.17) is 5.26 Å². The van der Waals surface area contributed by atoms with Gasteiger partial charge >= 0.3 is 0 Å². The van der Waals surface area contributed by atoms with Gasteiger partial charge in [0.05, 0.1) is 12.0 Å². The Morgan fingerprint density at radius 1 is 0.938 bits per heavy atom. The molecule has 2 fully saturated rings. The molecule has 16 heavy (non-hydrogen) atoms. The van der Waals surface area contributed by atoms with Crippen molar-refractivity contribution < 1.29 is 0 Å². The lowest BCUT2D eigenvalue weighted by atomic mass is 9.84. The first kappa shape index (κ1) is 11.9. The second kappa shape index (κ2) is 6.25. The summed E-state index contributed by atoms with van der Waals surface area (Å²) in [4.78, 5) is 0. The summed E-state index contributed by atoms with van der Waals surface area (Å²) in [5.74, 6) is 1.16. The molecule has 2 unspecified atom stereocenters. The fourth-order valence-corrected chi connectivity index (χ4v) is 3.24. The van der Waals surface area contributed by atoms with Crippen LogP contribution in [0.3, 0.4) is 0 Å². The Bertz CT molecular complexity index is 238. The number of hydrogen-bond donors (Lipinski definition) is 1. The van der Waals surface area contributed by atoms with Crippen LogP contribution < -0.4 is 5.32 Å². The van der Waals surface area contributed by atoms with Crippen molar-refractivity contribution in [3.05, 3.63) is 0 Å². The smallest absolute Gasteiger partial charge is 0.0672 e. The summed E-state index contributed by atoms with van der Waals surface area (Å²) in [5.41, 5.74) is 0. The van der Waals surface area contributed by atoms with Crippen molar-refractivity contribution in [1.82, 2.24) is 5.32 Å². The second-order valence-corrected chi connectivity index (χ2v) is 5.54. The first-order valence-electron chi connectivity index (χ1n) is 7.03. The number of hydrogen-bond acceptors (Lipinski definition) is 2. The topological polar surface area (TPSA) is 35.8 Å². The van der Waals surface area contributed by atoms with E-state index in [0.29, 0.717) is 6.04 Å². The standard InChI is InChI=1S/C14H24N2/c15-10-13-8-4-5-9-14(13)16-11-12-6-2-1-3-7-12/h12-14,16H,1-9,11H2. The number of nitrogens with zero attached hydrogens (tertiary/aromatic N) is 1. The Balaban J connectivity index is 1.73. The van der Waals surface area contributed by atoms with E-state index in [9.17, 15) is 0 Å². The zero-order valence-electron chi connectivity index (χ0n) is 10.3. The van der Waals surface area contributed by atoms with Gasteiger partial charge in [-0.25, -0.2) is 0 Å². The third-order valence-electron chi connectivity index (χ3n) is 4.33. The fraction of sp³-hybridized carbons (Fsp3) is 0.929. The molecule has 0 radical (unpaired) electrons. The molecular weight excluding hydrogens is 196 g/mol. The van der Waals surface area contributed by atoms with Crippen LogP contribution in [-0.4, -0.2) is 12.6 Å². The van der Waals surface area contributed by atoms with Crippen molar-refractivity contribution >= 4 is 0 Å². The van der Waals surface area contributed by atoms with Gasteiger partial charge in [-0.3, -0.25) is 0 Å². The van der Waals surface area contributed by atoms with Gasteiger partial charge in [-0.1, -0.05) is 32.1 Å². The summed E-state index contributed by atoms with van der Waals surface area (Å²) in [6.45, 7) is 1.16. The molecule has 0 aromatic carbocycles. The summed E-state index contributed by atoms with van der Waals surface area (Å²) >= 11 is 0. The van der Waals surface area contributed by atoms with E-state index in [1.807, 2.05) is 0 Å². The predicted octanol–water partition coefficient (Wildman–Crippen LogP) is 3.24. The van der Waals surface area contributed by atoms with Crippen molar-refractivity contribution in [1.29, 1.82) is 5.26 Å². The average molecular weight is 220 g/mol. The van der Waals surface area contributed by atoms with Crippen molar-refractivity contribution in [3.8, 4) is 6.07 Å². The molecular formula is C14H24N2. The van der Waals surface area contributed by atoms with Crippen LogP contribution in [0.15, 0.2) is 0 Å². The van der Waals surface area contributed by atoms with Gasteiger partial charge in [-0.15, -0.1) is 0 Å². The van der Waals surface area contributed by atoms with Crippen LogP contribution in [0.4, 0.5) is 0 Å². The van der Waals surface area contributed by atoms with E-state index in [-0.39, 0.29) is 5.92 Å². The summed E-state index contributed by atoms with van der Waals surface area (Å²) < 4.78 is 0.